The van der Waals surface area contributed by atoms with Gasteiger partial charge in [-0.15, -0.1) is 0 Å². The Morgan fingerprint density at radius 2 is 1.69 bits per heavy atom. The van der Waals surface area contributed by atoms with Gasteiger partial charge in [0.15, 0.2) is 0 Å². The molecule has 1 saturated heterocycles. The topological polar surface area (TPSA) is 32.7 Å². The van der Waals surface area contributed by atoms with Crippen LogP contribution in [0.2, 0.25) is 0 Å². The molecule has 3 nitrogen and oxygen atoms in total. The van der Waals surface area contributed by atoms with Crippen LogP contribution in [0.3, 0.4) is 0 Å². The summed E-state index contributed by atoms with van der Waals surface area (Å²) in [4.78, 5) is 2.39. The van der Waals surface area contributed by atoms with Crippen LogP contribution in [-0.4, -0.2) is 42.4 Å². The number of hydrogen-bond acceptors (Lipinski definition) is 3. The van der Waals surface area contributed by atoms with E-state index < -0.39 is 6.10 Å². The number of benzene rings is 1. The van der Waals surface area contributed by atoms with E-state index in [1.54, 1.807) is 5.56 Å². The minimum absolute atomic E-state index is 0. The van der Waals surface area contributed by atoms with E-state index >= 15 is 0 Å². The van der Waals surface area contributed by atoms with Crippen LogP contribution < -0.4 is 17.1 Å². The highest BCUT2D eigenvalue weighted by Gasteiger charge is 2.51. The smallest absolute Gasteiger partial charge is 0.119 e. The Kier molecular flexibility index (Phi) is 6.49. The van der Waals surface area contributed by atoms with Crippen LogP contribution in [0.1, 0.15) is 63.9 Å². The largest absolute Gasteiger partial charge is 1.00 e. The van der Waals surface area contributed by atoms with Gasteiger partial charge >= 0.3 is 0 Å². The van der Waals surface area contributed by atoms with E-state index in [0.717, 1.165) is 49.1 Å². The van der Waals surface area contributed by atoms with E-state index in [-0.39, 0.29) is 12.4 Å². The Labute approximate surface area is 182 Å². The summed E-state index contributed by atoms with van der Waals surface area (Å²) in [5, 5.41) is 10.4. The van der Waals surface area contributed by atoms with Gasteiger partial charge in [-0.1, -0.05) is 19.1 Å². The zero-order valence-corrected chi connectivity index (χ0v) is 18.6. The lowest BCUT2D eigenvalue weighted by Gasteiger charge is -2.57. The third-order valence-corrected chi connectivity index (χ3v) is 8.16. The molecule has 0 spiro atoms. The Morgan fingerprint density at radius 3 is 2.28 bits per heavy atom. The number of ether oxygens (including phenoxy) is 1. The summed E-state index contributed by atoms with van der Waals surface area (Å²) in [5.41, 5.74) is 2.00. The van der Waals surface area contributed by atoms with Crippen molar-refractivity contribution in [3.63, 3.8) is 0 Å². The van der Waals surface area contributed by atoms with E-state index in [1.165, 1.54) is 51.4 Å². The summed E-state index contributed by atoms with van der Waals surface area (Å²) in [7, 11) is 0. The molecular formula is C25H37ClNO2-. The van der Waals surface area contributed by atoms with Crippen LogP contribution in [-0.2, 0) is 5.41 Å². The first-order valence-electron chi connectivity index (χ1n) is 11.7. The first-order valence-corrected chi connectivity index (χ1v) is 11.7. The summed E-state index contributed by atoms with van der Waals surface area (Å²) in [5.74, 6) is 4.60. The third-order valence-electron chi connectivity index (χ3n) is 8.16. The molecule has 1 aromatic carbocycles. The van der Waals surface area contributed by atoms with Crippen molar-refractivity contribution in [1.82, 2.24) is 4.90 Å². The molecule has 2 atom stereocenters. The van der Waals surface area contributed by atoms with Crippen molar-refractivity contribution in [2.45, 2.75) is 69.8 Å². The molecule has 6 rings (SSSR count). The molecule has 5 fully saturated rings. The fraction of sp³-hybridized carbons (Fsp3) is 0.760. The molecule has 0 amide bonds. The molecule has 29 heavy (non-hydrogen) atoms. The van der Waals surface area contributed by atoms with Gasteiger partial charge in [-0.05, 0) is 105 Å². The van der Waals surface area contributed by atoms with Crippen molar-refractivity contribution in [3.8, 4) is 5.75 Å². The number of halogens is 1. The summed E-state index contributed by atoms with van der Waals surface area (Å²) in [6.07, 6.45) is 10.9. The van der Waals surface area contributed by atoms with Crippen molar-refractivity contribution in [1.29, 1.82) is 0 Å². The van der Waals surface area contributed by atoms with E-state index in [0.29, 0.717) is 12.0 Å². The van der Waals surface area contributed by atoms with Crippen molar-refractivity contribution in [3.05, 3.63) is 29.8 Å². The molecule has 4 aliphatic carbocycles. The molecule has 0 aromatic heterocycles. The highest BCUT2D eigenvalue weighted by Crippen LogP contribution is 2.60. The normalized spacial score (nSPS) is 37.2. The van der Waals surface area contributed by atoms with Crippen LogP contribution in [0.4, 0.5) is 0 Å². The fourth-order valence-electron chi connectivity index (χ4n) is 7.36. The Hall–Kier alpha value is -0.770. The van der Waals surface area contributed by atoms with Gasteiger partial charge in [0, 0.05) is 13.1 Å². The van der Waals surface area contributed by atoms with Crippen LogP contribution in [0, 0.1) is 23.7 Å². The fourth-order valence-corrected chi connectivity index (χ4v) is 7.36. The third kappa shape index (κ3) is 4.62. The molecule has 162 valence electrons. The van der Waals surface area contributed by atoms with Gasteiger partial charge in [-0.2, -0.15) is 0 Å². The quantitative estimate of drug-likeness (QED) is 0.762. The van der Waals surface area contributed by atoms with Crippen LogP contribution >= 0.6 is 0 Å². The van der Waals surface area contributed by atoms with E-state index in [9.17, 15) is 5.11 Å². The minimum atomic E-state index is -0.409. The standard InChI is InChI=1S/C25H37NO2.ClH/c1-18-3-2-8-26(15-18)16-23(27)17-28-24-6-4-22(5-7-24)25-12-19-9-20(13-25)11-21(10-19)14-25;/h4-7,18-21,23,27H,2-3,8-17H2,1H3;1H/p-1. The second kappa shape index (κ2) is 8.77. The molecule has 0 radical (unpaired) electrons. The van der Waals surface area contributed by atoms with Crippen molar-refractivity contribution < 1.29 is 22.3 Å². The second-order valence-corrected chi connectivity index (χ2v) is 10.7. The van der Waals surface area contributed by atoms with Crippen LogP contribution in [0.15, 0.2) is 24.3 Å². The molecule has 4 bridgehead atoms. The van der Waals surface area contributed by atoms with Crippen molar-refractivity contribution in [2.75, 3.05) is 26.2 Å². The average Bonchev–Trinajstić information content (AvgIpc) is 2.66. The molecule has 1 aliphatic heterocycles. The van der Waals surface area contributed by atoms with Gasteiger partial charge in [0.25, 0.3) is 0 Å². The number of aliphatic hydroxyl groups is 1. The number of aliphatic hydroxyl groups excluding tert-OH is 1. The summed E-state index contributed by atoms with van der Waals surface area (Å²) >= 11 is 0. The maximum absolute atomic E-state index is 10.4. The number of piperidine rings is 1. The predicted molar refractivity (Wildman–Crippen MR) is 113 cm³/mol. The summed E-state index contributed by atoms with van der Waals surface area (Å²) < 4.78 is 5.93. The van der Waals surface area contributed by atoms with Gasteiger partial charge in [0.2, 0.25) is 0 Å². The average molecular weight is 419 g/mol. The first-order chi connectivity index (χ1) is 13.6. The van der Waals surface area contributed by atoms with Gasteiger partial charge in [0.1, 0.15) is 18.5 Å². The number of likely N-dealkylation sites (tertiary alicyclic amines) is 1. The van der Waals surface area contributed by atoms with E-state index in [1.807, 2.05) is 0 Å². The lowest BCUT2D eigenvalue weighted by atomic mass is 9.48. The summed E-state index contributed by atoms with van der Waals surface area (Å²) in [6.45, 7) is 5.65. The van der Waals surface area contributed by atoms with Gasteiger partial charge < -0.3 is 27.2 Å². The van der Waals surface area contributed by atoms with Crippen molar-refractivity contribution in [2.24, 2.45) is 23.7 Å². The van der Waals surface area contributed by atoms with E-state index in [4.69, 9.17) is 4.74 Å². The Balaban J connectivity index is 0.00000205. The zero-order chi connectivity index (χ0) is 19.1. The lowest BCUT2D eigenvalue weighted by Crippen LogP contribution is -3.00. The minimum Gasteiger partial charge on any atom is -1.00 e. The molecule has 5 aliphatic rings. The van der Waals surface area contributed by atoms with Gasteiger partial charge in [0.05, 0.1) is 0 Å². The van der Waals surface area contributed by atoms with Crippen LogP contribution in [0.5, 0.6) is 5.75 Å². The van der Waals surface area contributed by atoms with Crippen LogP contribution in [0.25, 0.3) is 0 Å². The number of β-amino-alcohol motifs (C(OH)–C–C–N with tert-alkyl or cyclic N) is 1. The van der Waals surface area contributed by atoms with Gasteiger partial charge in [-0.25, -0.2) is 0 Å². The Morgan fingerprint density at radius 1 is 1.07 bits per heavy atom. The molecule has 4 saturated carbocycles. The first kappa shape index (κ1) is 21.5. The monoisotopic (exact) mass is 418 g/mol. The SMILES string of the molecule is CC1CCCN(CC(O)COc2ccc(C34CC5CC(CC(C5)C3)C4)cc2)C1.[Cl-]. The highest BCUT2D eigenvalue weighted by atomic mass is 35.5. The maximum Gasteiger partial charge on any atom is 0.119 e. The molecule has 2 unspecified atom stereocenters. The zero-order valence-electron chi connectivity index (χ0n) is 17.9. The molecular weight excluding hydrogens is 382 g/mol. The number of hydrogen-bond donors (Lipinski definition) is 1. The number of nitrogens with zero attached hydrogens (tertiary/aromatic N) is 1. The second-order valence-electron chi connectivity index (χ2n) is 10.7. The van der Waals surface area contributed by atoms with Gasteiger partial charge in [-0.3, -0.25) is 0 Å². The predicted octanol–water partition coefficient (Wildman–Crippen LogP) is 1.63. The summed E-state index contributed by atoms with van der Waals surface area (Å²) in [6, 6.07) is 8.93. The molecule has 1 N–H and O–H groups in total. The Bertz CT molecular complexity index is 641. The molecule has 4 heteroatoms. The van der Waals surface area contributed by atoms with E-state index in [2.05, 4.69) is 36.1 Å². The maximum atomic E-state index is 10.4. The molecule has 1 aromatic rings. The van der Waals surface area contributed by atoms with Crippen molar-refractivity contribution >= 4 is 0 Å². The lowest BCUT2D eigenvalue weighted by molar-refractivity contribution is -0.00525. The number of rotatable bonds is 6. The molecule has 1 heterocycles. The highest BCUT2D eigenvalue weighted by molar-refractivity contribution is 5.34.